The number of nitrogens with one attached hydrogen (secondary N) is 1. The smallest absolute Gasteiger partial charge is 0.208 e. The van der Waals surface area contributed by atoms with Gasteiger partial charge in [0, 0.05) is 0 Å². The molecule has 0 amide bonds. The summed E-state index contributed by atoms with van der Waals surface area (Å²) >= 11 is 0. The van der Waals surface area contributed by atoms with E-state index in [0.29, 0.717) is 19.0 Å². The third-order valence-electron chi connectivity index (χ3n) is 2.13. The molecule has 0 spiro atoms. The van der Waals surface area contributed by atoms with Crippen LogP contribution in [-0.2, 0) is 13.1 Å². The summed E-state index contributed by atoms with van der Waals surface area (Å²) in [7, 11) is 0. The second kappa shape index (κ2) is 4.27. The topological polar surface area (TPSA) is 64.1 Å². The number of oxazole rings is 2. The first-order chi connectivity index (χ1) is 7.25. The molecule has 2 aromatic rings. The van der Waals surface area contributed by atoms with Gasteiger partial charge < -0.3 is 14.2 Å². The van der Waals surface area contributed by atoms with Crippen molar-refractivity contribution in [1.29, 1.82) is 0 Å². The summed E-state index contributed by atoms with van der Waals surface area (Å²) in [6.07, 6.45) is 3.09. The van der Waals surface area contributed by atoms with E-state index in [9.17, 15) is 0 Å². The quantitative estimate of drug-likeness (QED) is 0.824. The van der Waals surface area contributed by atoms with Crippen LogP contribution in [-0.4, -0.2) is 9.97 Å². The number of rotatable bonds is 4. The van der Waals surface area contributed by atoms with Crippen LogP contribution in [0.15, 0.2) is 21.4 Å². The van der Waals surface area contributed by atoms with Crippen molar-refractivity contribution in [2.75, 3.05) is 0 Å². The van der Waals surface area contributed by atoms with Crippen molar-refractivity contribution >= 4 is 0 Å². The molecule has 1 N–H and O–H groups in total. The van der Waals surface area contributed by atoms with Crippen LogP contribution in [0.25, 0.3) is 0 Å². The largest absolute Gasteiger partial charge is 0.447 e. The van der Waals surface area contributed by atoms with Crippen LogP contribution in [0.3, 0.4) is 0 Å². The third kappa shape index (κ3) is 2.44. The standard InChI is InChI=1S/C10H13N3O2/c1-7-8(2)15-10(13-7)5-11-3-9-4-12-6-14-9/h4,6,11H,3,5H2,1-2H3. The highest BCUT2D eigenvalue weighted by atomic mass is 16.4. The summed E-state index contributed by atoms with van der Waals surface area (Å²) in [4.78, 5) is 8.07. The summed E-state index contributed by atoms with van der Waals surface area (Å²) < 4.78 is 10.5. The van der Waals surface area contributed by atoms with Crippen molar-refractivity contribution in [2.24, 2.45) is 0 Å². The monoisotopic (exact) mass is 207 g/mol. The van der Waals surface area contributed by atoms with E-state index in [4.69, 9.17) is 8.83 Å². The molecule has 2 aromatic heterocycles. The first kappa shape index (κ1) is 9.92. The number of hydrogen-bond acceptors (Lipinski definition) is 5. The van der Waals surface area contributed by atoms with Gasteiger partial charge in [-0.3, -0.25) is 0 Å². The molecular formula is C10H13N3O2. The van der Waals surface area contributed by atoms with Crippen molar-refractivity contribution < 1.29 is 8.83 Å². The van der Waals surface area contributed by atoms with Crippen LogP contribution in [0.4, 0.5) is 0 Å². The first-order valence-corrected chi connectivity index (χ1v) is 4.76. The predicted molar refractivity (Wildman–Crippen MR) is 53.0 cm³/mol. The Labute approximate surface area is 87.5 Å². The fourth-order valence-electron chi connectivity index (χ4n) is 1.24. The Morgan fingerprint density at radius 3 is 2.80 bits per heavy atom. The zero-order valence-corrected chi connectivity index (χ0v) is 8.78. The molecule has 5 nitrogen and oxygen atoms in total. The Kier molecular flexibility index (Phi) is 2.82. The minimum atomic E-state index is 0.593. The van der Waals surface area contributed by atoms with E-state index < -0.39 is 0 Å². The average molecular weight is 207 g/mol. The molecule has 0 saturated carbocycles. The molecule has 0 aromatic carbocycles. The van der Waals surface area contributed by atoms with Gasteiger partial charge in [-0.15, -0.1) is 0 Å². The van der Waals surface area contributed by atoms with Gasteiger partial charge in [-0.25, -0.2) is 9.97 Å². The van der Waals surface area contributed by atoms with Gasteiger partial charge in [-0.2, -0.15) is 0 Å². The summed E-state index contributed by atoms with van der Waals surface area (Å²) in [5.41, 5.74) is 0.937. The summed E-state index contributed by atoms with van der Waals surface area (Å²) in [5.74, 6) is 2.37. The van der Waals surface area contributed by atoms with E-state index in [1.54, 1.807) is 6.20 Å². The number of hydrogen-bond donors (Lipinski definition) is 1. The van der Waals surface area contributed by atoms with Gasteiger partial charge >= 0.3 is 0 Å². The van der Waals surface area contributed by atoms with Crippen molar-refractivity contribution in [3.05, 3.63) is 35.7 Å². The highest BCUT2D eigenvalue weighted by Crippen LogP contribution is 2.07. The van der Waals surface area contributed by atoms with Crippen LogP contribution in [0.2, 0.25) is 0 Å². The summed E-state index contributed by atoms with van der Waals surface area (Å²) in [6.45, 7) is 5.05. The molecule has 0 bridgehead atoms. The first-order valence-electron chi connectivity index (χ1n) is 4.76. The summed E-state index contributed by atoms with van der Waals surface area (Å²) in [5, 5.41) is 3.15. The maximum Gasteiger partial charge on any atom is 0.208 e. The van der Waals surface area contributed by atoms with Crippen LogP contribution in [0, 0.1) is 13.8 Å². The van der Waals surface area contributed by atoms with Gasteiger partial charge in [0.15, 0.2) is 6.39 Å². The molecule has 0 aliphatic rings. The predicted octanol–water partition coefficient (Wildman–Crippen LogP) is 1.57. The lowest BCUT2D eigenvalue weighted by molar-refractivity contribution is 0.430. The van der Waals surface area contributed by atoms with Crippen LogP contribution in [0.1, 0.15) is 23.1 Å². The number of aryl methyl sites for hydroxylation is 2. The molecule has 0 aliphatic heterocycles. The Balaban J connectivity index is 1.83. The second-order valence-corrected chi connectivity index (χ2v) is 3.32. The molecule has 2 heterocycles. The fourth-order valence-corrected chi connectivity index (χ4v) is 1.24. The Morgan fingerprint density at radius 2 is 2.20 bits per heavy atom. The van der Waals surface area contributed by atoms with Crippen LogP contribution >= 0.6 is 0 Å². The maximum atomic E-state index is 5.41. The highest BCUT2D eigenvalue weighted by molar-refractivity contribution is 5.05. The van der Waals surface area contributed by atoms with Crippen LogP contribution in [0.5, 0.6) is 0 Å². The minimum absolute atomic E-state index is 0.593. The number of aromatic nitrogens is 2. The normalized spacial score (nSPS) is 10.8. The minimum Gasteiger partial charge on any atom is -0.447 e. The molecule has 0 saturated heterocycles. The Morgan fingerprint density at radius 1 is 1.33 bits per heavy atom. The zero-order valence-electron chi connectivity index (χ0n) is 8.78. The Bertz CT molecular complexity index is 400. The molecule has 0 unspecified atom stereocenters. The molecule has 0 radical (unpaired) electrons. The molecule has 80 valence electrons. The molecular weight excluding hydrogens is 194 g/mol. The van der Waals surface area contributed by atoms with Crippen molar-refractivity contribution in [3.63, 3.8) is 0 Å². The molecule has 0 fully saturated rings. The van der Waals surface area contributed by atoms with E-state index in [0.717, 1.165) is 17.2 Å². The lowest BCUT2D eigenvalue weighted by Crippen LogP contribution is -2.12. The van der Waals surface area contributed by atoms with E-state index in [1.807, 2.05) is 13.8 Å². The van der Waals surface area contributed by atoms with Gasteiger partial charge in [0.1, 0.15) is 11.5 Å². The molecule has 15 heavy (non-hydrogen) atoms. The van der Waals surface area contributed by atoms with E-state index in [-0.39, 0.29) is 0 Å². The molecule has 5 heteroatoms. The van der Waals surface area contributed by atoms with Crippen molar-refractivity contribution in [1.82, 2.24) is 15.3 Å². The maximum absolute atomic E-state index is 5.41. The molecule has 0 atom stereocenters. The van der Waals surface area contributed by atoms with Gasteiger partial charge in [-0.1, -0.05) is 0 Å². The Hall–Kier alpha value is -1.62. The van der Waals surface area contributed by atoms with Gasteiger partial charge in [0.25, 0.3) is 0 Å². The fraction of sp³-hybridized carbons (Fsp3) is 0.400. The summed E-state index contributed by atoms with van der Waals surface area (Å²) in [6, 6.07) is 0. The lowest BCUT2D eigenvalue weighted by atomic mass is 10.4. The van der Waals surface area contributed by atoms with E-state index in [2.05, 4.69) is 15.3 Å². The lowest BCUT2D eigenvalue weighted by Gasteiger charge is -1.97. The van der Waals surface area contributed by atoms with Crippen LogP contribution < -0.4 is 5.32 Å². The van der Waals surface area contributed by atoms with Crippen molar-refractivity contribution in [2.45, 2.75) is 26.9 Å². The third-order valence-corrected chi connectivity index (χ3v) is 2.13. The molecule has 0 aliphatic carbocycles. The average Bonchev–Trinajstić information content (AvgIpc) is 2.79. The van der Waals surface area contributed by atoms with E-state index >= 15 is 0 Å². The zero-order chi connectivity index (χ0) is 10.7. The SMILES string of the molecule is Cc1nc(CNCc2cnco2)oc1C. The van der Waals surface area contributed by atoms with E-state index in [1.165, 1.54) is 6.39 Å². The second-order valence-electron chi connectivity index (χ2n) is 3.32. The molecule has 2 rings (SSSR count). The van der Waals surface area contributed by atoms with Crippen molar-refractivity contribution in [3.8, 4) is 0 Å². The number of nitrogens with zero attached hydrogens (tertiary/aromatic N) is 2. The highest BCUT2D eigenvalue weighted by Gasteiger charge is 2.04. The van der Waals surface area contributed by atoms with Gasteiger partial charge in [0.05, 0.1) is 25.0 Å². The van der Waals surface area contributed by atoms with Gasteiger partial charge in [0.2, 0.25) is 5.89 Å². The van der Waals surface area contributed by atoms with Gasteiger partial charge in [-0.05, 0) is 13.8 Å².